The molecule has 9 nitrogen and oxygen atoms in total. The van der Waals surface area contributed by atoms with Gasteiger partial charge >= 0.3 is 5.97 Å². The molecule has 3 heterocycles. The Morgan fingerprint density at radius 2 is 1.72 bits per heavy atom. The van der Waals surface area contributed by atoms with Gasteiger partial charge in [0.15, 0.2) is 4.80 Å². The fourth-order valence-corrected chi connectivity index (χ4v) is 7.01. The average molecular weight is 647 g/mol. The van der Waals surface area contributed by atoms with E-state index in [0.717, 1.165) is 39.3 Å². The Bertz CT molecular complexity index is 2210. The van der Waals surface area contributed by atoms with Gasteiger partial charge in [-0.05, 0) is 67.7 Å². The summed E-state index contributed by atoms with van der Waals surface area (Å²) >= 11 is 1.27. The lowest BCUT2D eigenvalue weighted by Gasteiger charge is -2.26. The van der Waals surface area contributed by atoms with Gasteiger partial charge in [0.1, 0.15) is 0 Å². The molecule has 238 valence electrons. The van der Waals surface area contributed by atoms with E-state index in [1.165, 1.54) is 23.5 Å². The monoisotopic (exact) mass is 646 g/mol. The van der Waals surface area contributed by atoms with Crippen LogP contribution in [0.2, 0.25) is 0 Å². The van der Waals surface area contributed by atoms with E-state index in [2.05, 4.69) is 13.8 Å². The number of nitro groups is 1. The van der Waals surface area contributed by atoms with Gasteiger partial charge in [-0.15, -0.1) is 0 Å². The molecule has 1 aliphatic heterocycles. The summed E-state index contributed by atoms with van der Waals surface area (Å²) in [5, 5.41) is 11.2. The average Bonchev–Trinajstić information content (AvgIpc) is 3.53. The zero-order valence-corrected chi connectivity index (χ0v) is 27.6. The van der Waals surface area contributed by atoms with Gasteiger partial charge in [-0.2, -0.15) is 0 Å². The van der Waals surface area contributed by atoms with Crippen molar-refractivity contribution in [3.8, 4) is 5.69 Å². The molecule has 0 amide bonds. The lowest BCUT2D eigenvalue weighted by molar-refractivity contribution is -0.384. The third-order valence-corrected chi connectivity index (χ3v) is 9.35. The van der Waals surface area contributed by atoms with Crippen molar-refractivity contribution < 1.29 is 14.5 Å². The first kappa shape index (κ1) is 31.6. The molecule has 0 aliphatic carbocycles. The molecule has 0 saturated heterocycles. The second kappa shape index (κ2) is 12.8. The van der Waals surface area contributed by atoms with Crippen LogP contribution in [0.3, 0.4) is 0 Å². The van der Waals surface area contributed by atoms with Gasteiger partial charge in [0.2, 0.25) is 0 Å². The number of esters is 1. The third-order valence-electron chi connectivity index (χ3n) is 8.37. The van der Waals surface area contributed by atoms with E-state index in [-0.39, 0.29) is 17.9 Å². The number of nitro benzene ring substituents is 1. The van der Waals surface area contributed by atoms with E-state index in [4.69, 9.17) is 9.73 Å². The summed E-state index contributed by atoms with van der Waals surface area (Å²) in [6.07, 6.45) is 1.85. The Hall–Kier alpha value is -5.35. The minimum Gasteiger partial charge on any atom is -0.463 e. The number of rotatable bonds is 8. The molecule has 47 heavy (non-hydrogen) atoms. The third kappa shape index (κ3) is 5.88. The summed E-state index contributed by atoms with van der Waals surface area (Å²) in [6, 6.07) is 25.1. The minimum absolute atomic E-state index is 0.0167. The van der Waals surface area contributed by atoms with Gasteiger partial charge < -0.3 is 9.30 Å². The van der Waals surface area contributed by atoms with Crippen LogP contribution in [-0.4, -0.2) is 26.6 Å². The van der Waals surface area contributed by atoms with E-state index in [9.17, 15) is 19.7 Å². The Kier molecular flexibility index (Phi) is 8.62. The molecule has 1 atom stereocenters. The van der Waals surface area contributed by atoms with E-state index in [1.54, 1.807) is 23.6 Å². The SMILES string of the molecule is CCOC(=O)C1=C(c2ccccc2)N=c2s/c(=C\c3cc(C)n(-c4ccc([N+](=O)[O-])cc4)c3C)c(=O)n2[C@@H]1c1ccc(C(C)C)cc1. The van der Waals surface area contributed by atoms with Crippen LogP contribution in [0.1, 0.15) is 66.4 Å². The van der Waals surface area contributed by atoms with Crippen LogP contribution >= 0.6 is 11.3 Å². The van der Waals surface area contributed by atoms with Crippen molar-refractivity contribution in [1.82, 2.24) is 9.13 Å². The van der Waals surface area contributed by atoms with E-state index in [1.807, 2.05) is 85.2 Å². The van der Waals surface area contributed by atoms with Crippen molar-refractivity contribution in [2.24, 2.45) is 4.99 Å². The van der Waals surface area contributed by atoms with Crippen molar-refractivity contribution >= 4 is 34.8 Å². The Balaban J connectivity index is 1.56. The van der Waals surface area contributed by atoms with Crippen molar-refractivity contribution in [3.63, 3.8) is 0 Å². The lowest BCUT2D eigenvalue weighted by atomic mass is 9.91. The summed E-state index contributed by atoms with van der Waals surface area (Å²) in [6.45, 7) is 10.1. The number of hydrogen-bond acceptors (Lipinski definition) is 7. The molecule has 0 saturated carbocycles. The second-order valence-corrected chi connectivity index (χ2v) is 12.7. The zero-order chi connectivity index (χ0) is 33.4. The molecule has 0 unspecified atom stereocenters. The number of ether oxygens (including phenoxy) is 1. The van der Waals surface area contributed by atoms with E-state index in [0.29, 0.717) is 26.5 Å². The molecule has 1 aliphatic rings. The molecule has 2 aromatic heterocycles. The second-order valence-electron chi connectivity index (χ2n) is 11.7. The van der Waals surface area contributed by atoms with E-state index < -0.39 is 16.9 Å². The summed E-state index contributed by atoms with van der Waals surface area (Å²) < 4.78 is 9.65. The molecular formula is C37H34N4O5S. The molecule has 0 radical (unpaired) electrons. The Labute approximate surface area is 275 Å². The quantitative estimate of drug-likeness (QED) is 0.111. The van der Waals surface area contributed by atoms with Crippen LogP contribution in [0.4, 0.5) is 5.69 Å². The molecule has 3 aromatic carbocycles. The molecule has 10 heteroatoms. The van der Waals surface area contributed by atoms with Crippen LogP contribution in [0, 0.1) is 24.0 Å². The van der Waals surface area contributed by atoms with Gasteiger partial charge in [-0.25, -0.2) is 9.79 Å². The van der Waals surface area contributed by atoms with E-state index >= 15 is 0 Å². The standard InChI is InChI=1S/C37H34N4O5S/c1-6-46-36(43)32-33(26-10-8-7-9-11-26)38-37-40(34(32)27-14-12-25(13-15-27)22(2)3)35(42)31(47-37)21-28-20-23(4)39(24(28)5)29-16-18-30(19-17-29)41(44)45/h7-22,34H,6H2,1-5H3/b31-21-/t34-/m1/s1. The summed E-state index contributed by atoms with van der Waals surface area (Å²) in [4.78, 5) is 44.3. The zero-order valence-electron chi connectivity index (χ0n) is 26.8. The smallest absolute Gasteiger partial charge is 0.338 e. The number of thiazole rings is 1. The predicted octanol–water partition coefficient (Wildman–Crippen LogP) is 6.37. The highest BCUT2D eigenvalue weighted by molar-refractivity contribution is 7.07. The topological polar surface area (TPSA) is 109 Å². The summed E-state index contributed by atoms with van der Waals surface area (Å²) in [5.74, 6) is -0.204. The maximum atomic E-state index is 14.4. The van der Waals surface area contributed by atoms with Crippen molar-refractivity contribution in [3.05, 3.63) is 154 Å². The van der Waals surface area contributed by atoms with Gasteiger partial charge in [0.05, 0.1) is 33.4 Å². The van der Waals surface area contributed by atoms with Crippen molar-refractivity contribution in [2.75, 3.05) is 6.61 Å². The van der Waals surface area contributed by atoms with Crippen LogP contribution in [0.25, 0.3) is 17.5 Å². The molecular weight excluding hydrogens is 612 g/mol. The first-order chi connectivity index (χ1) is 22.6. The number of benzene rings is 3. The normalized spacial score (nSPS) is 14.7. The van der Waals surface area contributed by atoms with Gasteiger partial charge in [-0.1, -0.05) is 79.8 Å². The highest BCUT2D eigenvalue weighted by Gasteiger charge is 2.35. The first-order valence-corrected chi connectivity index (χ1v) is 16.2. The number of non-ortho nitro benzene ring substituents is 1. The largest absolute Gasteiger partial charge is 0.463 e. The van der Waals surface area contributed by atoms with Crippen molar-refractivity contribution in [2.45, 2.75) is 46.6 Å². The molecule has 0 N–H and O–H groups in total. The fraction of sp³-hybridized carbons (Fsp3) is 0.216. The van der Waals surface area contributed by atoms with Gasteiger partial charge in [0.25, 0.3) is 11.2 Å². The number of fused-ring (bicyclic) bond motifs is 1. The van der Waals surface area contributed by atoms with Crippen molar-refractivity contribution in [1.29, 1.82) is 0 Å². The maximum absolute atomic E-state index is 14.4. The molecule has 0 spiro atoms. The Morgan fingerprint density at radius 3 is 2.34 bits per heavy atom. The number of nitrogens with zero attached hydrogens (tertiary/aromatic N) is 4. The van der Waals surface area contributed by atoms with Crippen LogP contribution < -0.4 is 14.9 Å². The highest BCUT2D eigenvalue weighted by Crippen LogP contribution is 2.35. The van der Waals surface area contributed by atoms with Gasteiger partial charge in [0, 0.05) is 34.8 Å². The molecule has 5 aromatic rings. The maximum Gasteiger partial charge on any atom is 0.338 e. The summed E-state index contributed by atoms with van der Waals surface area (Å²) in [5.41, 5.74) is 6.62. The Morgan fingerprint density at radius 1 is 1.04 bits per heavy atom. The number of aryl methyl sites for hydroxylation is 1. The fourth-order valence-electron chi connectivity index (χ4n) is 6.01. The number of carbonyl (C=O) groups is 1. The molecule has 0 fully saturated rings. The lowest BCUT2D eigenvalue weighted by Crippen LogP contribution is -2.40. The minimum atomic E-state index is -0.753. The number of hydrogen-bond donors (Lipinski definition) is 0. The molecule has 0 bridgehead atoms. The molecule has 6 rings (SSSR count). The summed E-state index contributed by atoms with van der Waals surface area (Å²) in [7, 11) is 0. The van der Waals surface area contributed by atoms with Crippen LogP contribution in [0.5, 0.6) is 0 Å². The van der Waals surface area contributed by atoms with Crippen LogP contribution in [0.15, 0.2) is 100 Å². The number of carbonyl (C=O) groups excluding carboxylic acids is 1. The highest BCUT2D eigenvalue weighted by atomic mass is 32.1. The predicted molar refractivity (Wildman–Crippen MR) is 183 cm³/mol. The first-order valence-electron chi connectivity index (χ1n) is 15.4. The van der Waals surface area contributed by atoms with Crippen LogP contribution in [-0.2, 0) is 9.53 Å². The number of aromatic nitrogens is 2. The van der Waals surface area contributed by atoms with Gasteiger partial charge in [-0.3, -0.25) is 19.5 Å².